The first-order valence-electron chi connectivity index (χ1n) is 12.3. The summed E-state index contributed by atoms with van der Waals surface area (Å²) in [6, 6.07) is 8.97. The molecule has 2 fully saturated rings. The minimum absolute atomic E-state index is 0.0447. The molecule has 1 spiro atoms. The molecule has 8 rings (SSSR count). The minimum atomic E-state index is -1.07. The van der Waals surface area contributed by atoms with Crippen molar-refractivity contribution < 1.29 is 24.9 Å². The molecule has 0 unspecified atom stereocenters. The number of piperidine rings is 1. The lowest BCUT2D eigenvalue weighted by Gasteiger charge is -2.62. The quantitative estimate of drug-likeness (QED) is 0.480. The van der Waals surface area contributed by atoms with Crippen molar-refractivity contribution in [2.75, 3.05) is 13.1 Å². The summed E-state index contributed by atoms with van der Waals surface area (Å²) in [5.41, 5.74) is 2.95. The van der Waals surface area contributed by atoms with Crippen LogP contribution in [-0.2, 0) is 18.3 Å². The van der Waals surface area contributed by atoms with Gasteiger partial charge in [0.2, 0.25) is 0 Å². The molecule has 34 heavy (non-hydrogen) atoms. The topological polar surface area (TPSA) is 106 Å². The maximum atomic E-state index is 12.8. The Kier molecular flexibility index (Phi) is 3.38. The van der Waals surface area contributed by atoms with Crippen molar-refractivity contribution in [3.63, 3.8) is 0 Å². The summed E-state index contributed by atoms with van der Waals surface area (Å²) < 4.78 is 6.55. The number of aromatic amines is 1. The van der Waals surface area contributed by atoms with Crippen LogP contribution >= 0.6 is 0 Å². The van der Waals surface area contributed by atoms with E-state index in [9.17, 15) is 20.1 Å². The van der Waals surface area contributed by atoms with Gasteiger partial charge in [0.05, 0.1) is 27.8 Å². The first kappa shape index (κ1) is 19.3. The second-order valence-corrected chi connectivity index (χ2v) is 11.0. The van der Waals surface area contributed by atoms with E-state index in [1.165, 1.54) is 12.8 Å². The summed E-state index contributed by atoms with van der Waals surface area (Å²) in [6.45, 7) is 1.90. The van der Waals surface area contributed by atoms with Crippen LogP contribution < -0.4 is 4.74 Å². The number of hydrogen-bond acceptors (Lipinski definition) is 5. The molecule has 7 heteroatoms. The Bertz CT molecular complexity index is 1420. The van der Waals surface area contributed by atoms with Crippen LogP contribution in [-0.4, -0.2) is 55.9 Å². The van der Waals surface area contributed by atoms with Crippen molar-refractivity contribution in [2.45, 2.75) is 55.3 Å². The number of hydrogen-bond donors (Lipinski definition) is 4. The number of likely N-dealkylation sites (tertiary alicyclic amines) is 1. The van der Waals surface area contributed by atoms with Gasteiger partial charge in [-0.15, -0.1) is 0 Å². The van der Waals surface area contributed by atoms with Gasteiger partial charge < -0.3 is 25.0 Å². The molecule has 4 N–H and O–H groups in total. The number of aromatic hydroxyl groups is 1. The maximum absolute atomic E-state index is 12.8. The van der Waals surface area contributed by atoms with Crippen LogP contribution in [0.25, 0.3) is 10.9 Å². The molecule has 0 radical (unpaired) electrons. The molecule has 1 aromatic heterocycles. The summed E-state index contributed by atoms with van der Waals surface area (Å²) in [5.74, 6) is 0.325. The van der Waals surface area contributed by atoms with E-state index >= 15 is 0 Å². The molecule has 3 aromatic rings. The number of carboxylic acids is 1. The highest BCUT2D eigenvalue weighted by Crippen LogP contribution is 2.69. The van der Waals surface area contributed by atoms with E-state index in [4.69, 9.17) is 4.74 Å². The Morgan fingerprint density at radius 3 is 2.88 bits per heavy atom. The lowest BCUT2D eigenvalue weighted by Crippen LogP contribution is -2.74. The Morgan fingerprint density at radius 2 is 2.09 bits per heavy atom. The van der Waals surface area contributed by atoms with Gasteiger partial charge in [-0.2, -0.15) is 0 Å². The fourth-order valence-corrected chi connectivity index (χ4v) is 7.82. The molecule has 2 aliphatic heterocycles. The smallest absolute Gasteiger partial charge is 0.337 e. The number of nitrogens with zero attached hydrogens (tertiary/aromatic N) is 1. The lowest BCUT2D eigenvalue weighted by molar-refractivity contribution is -0.173. The summed E-state index contributed by atoms with van der Waals surface area (Å²) in [7, 11) is 0. The molecule has 4 atom stereocenters. The largest absolute Gasteiger partial charge is 0.504 e. The highest BCUT2D eigenvalue weighted by molar-refractivity contribution is 6.03. The highest BCUT2D eigenvalue weighted by Gasteiger charge is 2.72. The fourth-order valence-electron chi connectivity index (χ4n) is 7.82. The predicted molar refractivity (Wildman–Crippen MR) is 123 cm³/mol. The average molecular weight is 459 g/mol. The number of rotatable bonds is 3. The molecule has 0 amide bonds. The van der Waals surface area contributed by atoms with Gasteiger partial charge >= 0.3 is 5.97 Å². The molecule has 3 aliphatic carbocycles. The van der Waals surface area contributed by atoms with Crippen LogP contribution in [0.2, 0.25) is 0 Å². The van der Waals surface area contributed by atoms with Crippen LogP contribution in [0.15, 0.2) is 30.3 Å². The van der Waals surface area contributed by atoms with Crippen molar-refractivity contribution >= 4 is 16.9 Å². The number of para-hydroxylation sites is 1. The van der Waals surface area contributed by atoms with Crippen molar-refractivity contribution in [3.8, 4) is 11.5 Å². The van der Waals surface area contributed by atoms with Gasteiger partial charge in [-0.1, -0.05) is 18.2 Å². The molecule has 2 bridgehead atoms. The second kappa shape index (κ2) is 5.96. The number of benzene rings is 2. The van der Waals surface area contributed by atoms with Gasteiger partial charge in [0.15, 0.2) is 17.6 Å². The van der Waals surface area contributed by atoms with Crippen molar-refractivity contribution in [3.05, 3.63) is 58.3 Å². The van der Waals surface area contributed by atoms with Crippen molar-refractivity contribution in [2.24, 2.45) is 5.92 Å². The zero-order valence-electron chi connectivity index (χ0n) is 18.7. The van der Waals surface area contributed by atoms with E-state index in [1.54, 1.807) is 18.2 Å². The summed E-state index contributed by atoms with van der Waals surface area (Å²) in [5, 5.41) is 34.2. The molecule has 7 nitrogen and oxygen atoms in total. The monoisotopic (exact) mass is 458 g/mol. The van der Waals surface area contributed by atoms with Gasteiger partial charge in [0.25, 0.3) is 0 Å². The Balaban J connectivity index is 1.42. The summed E-state index contributed by atoms with van der Waals surface area (Å²) >= 11 is 0. The Morgan fingerprint density at radius 1 is 1.24 bits per heavy atom. The van der Waals surface area contributed by atoms with Crippen LogP contribution in [0.1, 0.15) is 58.1 Å². The van der Waals surface area contributed by atoms with Crippen molar-refractivity contribution in [1.29, 1.82) is 0 Å². The van der Waals surface area contributed by atoms with Gasteiger partial charge in [-0.05, 0) is 61.4 Å². The van der Waals surface area contributed by atoms with E-state index in [0.29, 0.717) is 17.7 Å². The molecule has 1 saturated carbocycles. The summed E-state index contributed by atoms with van der Waals surface area (Å²) in [6.07, 6.45) is 3.92. The number of ether oxygens (including phenoxy) is 1. The highest BCUT2D eigenvalue weighted by atomic mass is 16.5. The lowest BCUT2D eigenvalue weighted by atomic mass is 9.49. The number of phenols is 1. The van der Waals surface area contributed by atoms with Gasteiger partial charge in [-0.3, -0.25) is 4.90 Å². The van der Waals surface area contributed by atoms with Crippen LogP contribution in [0.5, 0.6) is 11.5 Å². The summed E-state index contributed by atoms with van der Waals surface area (Å²) in [4.78, 5) is 17.9. The molecule has 2 aromatic carbocycles. The number of carbonyl (C=O) groups is 1. The van der Waals surface area contributed by atoms with Crippen LogP contribution in [0, 0.1) is 5.92 Å². The van der Waals surface area contributed by atoms with E-state index < -0.39 is 23.1 Å². The number of fused-ring (bicyclic) bond motifs is 4. The Hall–Kier alpha value is -3.03. The molecular formula is C27H26N2O5. The molecular weight excluding hydrogens is 432 g/mol. The third-order valence-electron chi connectivity index (χ3n) is 9.43. The van der Waals surface area contributed by atoms with E-state index in [2.05, 4.69) is 9.88 Å². The molecule has 5 aliphatic rings. The van der Waals surface area contributed by atoms with E-state index in [1.807, 2.05) is 12.1 Å². The normalized spacial score (nSPS) is 32.9. The second-order valence-electron chi connectivity index (χ2n) is 11.0. The van der Waals surface area contributed by atoms with Gasteiger partial charge in [0, 0.05) is 30.0 Å². The first-order valence-corrected chi connectivity index (χ1v) is 12.3. The number of aliphatic hydroxyl groups is 1. The van der Waals surface area contributed by atoms with E-state index in [0.717, 1.165) is 59.6 Å². The number of aromatic carboxylic acids is 1. The van der Waals surface area contributed by atoms with Gasteiger partial charge in [0.1, 0.15) is 0 Å². The maximum Gasteiger partial charge on any atom is 0.337 e. The fraction of sp³-hybridized carbons (Fsp3) is 0.444. The molecule has 174 valence electrons. The zero-order chi connectivity index (χ0) is 23.0. The standard InChI is InChI=1S/C27H26N2O5/c30-18-7-6-14-10-19-27(33)11-17-15-2-1-3-16(25(31)32)21(15)28-22(17)24-26(27,20(14)23(18)34-24)8-9-29(19)12-13-4-5-13/h1-3,6-7,13,19,24,28,30,33H,4-5,8-12H2,(H,31,32)/t19-,24-,26+,27-/m1/s1. The Labute approximate surface area is 196 Å². The van der Waals surface area contributed by atoms with E-state index in [-0.39, 0.29) is 17.4 Å². The molecule has 3 heterocycles. The number of aromatic nitrogens is 1. The van der Waals surface area contributed by atoms with Crippen molar-refractivity contribution in [1.82, 2.24) is 9.88 Å². The average Bonchev–Trinajstić information content (AvgIpc) is 3.44. The number of H-pyrrole nitrogens is 1. The predicted octanol–water partition coefficient (Wildman–Crippen LogP) is 3.27. The molecule has 1 saturated heterocycles. The third kappa shape index (κ3) is 2.06. The SMILES string of the molecule is O=C(O)c1cccc2c3c([nH]c12)[C@H]1Oc2c(O)ccc4c2[C@@]12CCN(CC1CC1)[C@H](C4)[C@]2(O)C3. The number of carboxylic acid groups (broad SMARTS) is 1. The van der Waals surface area contributed by atoms with Gasteiger partial charge in [-0.25, -0.2) is 4.79 Å². The number of phenolic OH excluding ortho intramolecular Hbond substituents is 1. The van der Waals surface area contributed by atoms with Crippen LogP contribution in [0.4, 0.5) is 0 Å². The third-order valence-corrected chi connectivity index (χ3v) is 9.43. The van der Waals surface area contributed by atoms with Crippen LogP contribution in [0.3, 0.4) is 0 Å². The number of nitrogens with one attached hydrogen (secondary N) is 1. The minimum Gasteiger partial charge on any atom is -0.504 e. The zero-order valence-corrected chi connectivity index (χ0v) is 18.7. The first-order chi connectivity index (χ1) is 16.4.